The molecule has 9 heteroatoms. The number of hydrogen-bond donors (Lipinski definition) is 0. The number of methoxy groups -OCH3 is 1. The Bertz CT molecular complexity index is 1360. The molecule has 1 unspecified atom stereocenters. The van der Waals surface area contributed by atoms with Crippen molar-refractivity contribution in [3.05, 3.63) is 65.6 Å². The second-order valence-electron chi connectivity index (χ2n) is 8.83. The highest BCUT2D eigenvalue weighted by atomic mass is 32.1. The molecule has 36 heavy (non-hydrogen) atoms. The third-order valence-corrected chi connectivity index (χ3v) is 7.35. The average Bonchev–Trinajstić information content (AvgIpc) is 3.63. The van der Waals surface area contributed by atoms with Crippen LogP contribution in [0.1, 0.15) is 28.3 Å². The fourth-order valence-electron chi connectivity index (χ4n) is 4.52. The number of ether oxygens (including phenoxy) is 4. The van der Waals surface area contributed by atoms with Gasteiger partial charge >= 0.3 is 0 Å². The zero-order chi connectivity index (χ0) is 24.5. The maximum atomic E-state index is 13.3. The number of carbonyl (C=O) groups excluding carboxylic acids is 1. The minimum absolute atomic E-state index is 0.0355. The molecule has 0 aliphatic carbocycles. The van der Waals surface area contributed by atoms with Gasteiger partial charge < -0.3 is 28.3 Å². The van der Waals surface area contributed by atoms with E-state index in [2.05, 4.69) is 12.1 Å². The number of thiazole rings is 1. The van der Waals surface area contributed by atoms with E-state index in [-0.39, 0.29) is 17.8 Å². The average molecular weight is 507 g/mol. The Morgan fingerprint density at radius 2 is 2.11 bits per heavy atom. The van der Waals surface area contributed by atoms with Gasteiger partial charge in [-0.3, -0.25) is 4.79 Å². The molecule has 0 saturated carbocycles. The predicted molar refractivity (Wildman–Crippen MR) is 135 cm³/mol. The van der Waals surface area contributed by atoms with Crippen LogP contribution in [-0.2, 0) is 22.6 Å². The number of fused-ring (bicyclic) bond motifs is 2. The molecule has 4 aromatic rings. The predicted octanol–water partition coefficient (Wildman–Crippen LogP) is 4.91. The van der Waals surface area contributed by atoms with Crippen molar-refractivity contribution in [3.8, 4) is 22.1 Å². The van der Waals surface area contributed by atoms with Crippen LogP contribution in [0.15, 0.2) is 52.9 Å². The summed E-state index contributed by atoms with van der Waals surface area (Å²) in [5, 5.41) is 0.892. The molecule has 6 rings (SSSR count). The molecular formula is C27H26N2O6S. The summed E-state index contributed by atoms with van der Waals surface area (Å²) in [7, 11) is 1.59. The van der Waals surface area contributed by atoms with Crippen LogP contribution >= 0.6 is 11.3 Å². The molecule has 0 radical (unpaired) electrons. The van der Waals surface area contributed by atoms with Crippen LogP contribution in [-0.4, -0.2) is 55.4 Å². The number of benzene rings is 2. The van der Waals surface area contributed by atoms with E-state index in [0.29, 0.717) is 56.8 Å². The SMILES string of the molecule is COCc1ccc(C(=O)N2CCOc3c(cc(-c4nc5ccccc5s4)cc3OC3CCOC3)C2)o1. The van der Waals surface area contributed by atoms with Crippen LogP contribution in [0.2, 0.25) is 0 Å². The largest absolute Gasteiger partial charge is 0.487 e. The lowest BCUT2D eigenvalue weighted by molar-refractivity contribution is 0.0693. The van der Waals surface area contributed by atoms with Gasteiger partial charge in [0.15, 0.2) is 17.3 Å². The summed E-state index contributed by atoms with van der Waals surface area (Å²) in [6.45, 7) is 2.69. The fourth-order valence-corrected chi connectivity index (χ4v) is 5.47. The lowest BCUT2D eigenvalue weighted by atomic mass is 10.1. The van der Waals surface area contributed by atoms with Gasteiger partial charge in [-0.15, -0.1) is 11.3 Å². The monoisotopic (exact) mass is 506 g/mol. The molecule has 1 amide bonds. The van der Waals surface area contributed by atoms with Crippen molar-refractivity contribution in [2.45, 2.75) is 25.7 Å². The van der Waals surface area contributed by atoms with Crippen molar-refractivity contribution in [1.29, 1.82) is 0 Å². The molecule has 1 fully saturated rings. The summed E-state index contributed by atoms with van der Waals surface area (Å²) in [4.78, 5) is 19.9. The lowest BCUT2D eigenvalue weighted by Crippen LogP contribution is -2.32. The molecule has 0 spiro atoms. The first kappa shape index (κ1) is 23.0. The molecule has 0 bridgehead atoms. The molecular weight excluding hydrogens is 480 g/mol. The zero-order valence-corrected chi connectivity index (χ0v) is 20.7. The van der Waals surface area contributed by atoms with Crippen LogP contribution in [0.4, 0.5) is 0 Å². The smallest absolute Gasteiger partial charge is 0.289 e. The molecule has 2 aliphatic rings. The normalized spacial score (nSPS) is 17.6. The number of hydrogen-bond acceptors (Lipinski definition) is 8. The van der Waals surface area contributed by atoms with Crippen LogP contribution in [0.25, 0.3) is 20.8 Å². The first-order chi connectivity index (χ1) is 17.7. The maximum Gasteiger partial charge on any atom is 0.289 e. The molecule has 0 N–H and O–H groups in total. The van der Waals surface area contributed by atoms with E-state index in [4.69, 9.17) is 28.3 Å². The van der Waals surface area contributed by atoms with Crippen molar-refractivity contribution in [2.24, 2.45) is 0 Å². The lowest BCUT2D eigenvalue weighted by Gasteiger charge is -2.20. The number of aromatic nitrogens is 1. The molecule has 8 nitrogen and oxygen atoms in total. The summed E-state index contributed by atoms with van der Waals surface area (Å²) < 4.78 is 30.0. The van der Waals surface area contributed by atoms with Crippen molar-refractivity contribution in [2.75, 3.05) is 33.5 Å². The van der Waals surface area contributed by atoms with Crippen LogP contribution in [0, 0.1) is 0 Å². The second-order valence-corrected chi connectivity index (χ2v) is 9.86. The Morgan fingerprint density at radius 3 is 2.94 bits per heavy atom. The fraction of sp³-hybridized carbons (Fsp3) is 0.333. The number of para-hydroxylation sites is 1. The third-order valence-electron chi connectivity index (χ3n) is 6.27. The number of furan rings is 1. The summed E-state index contributed by atoms with van der Waals surface area (Å²) in [6.07, 6.45) is 0.791. The van der Waals surface area contributed by atoms with Crippen LogP contribution < -0.4 is 9.47 Å². The zero-order valence-electron chi connectivity index (χ0n) is 19.9. The Labute approximate surface area is 212 Å². The van der Waals surface area contributed by atoms with Gasteiger partial charge in [0.1, 0.15) is 30.1 Å². The van der Waals surface area contributed by atoms with E-state index < -0.39 is 0 Å². The first-order valence-electron chi connectivity index (χ1n) is 11.9. The highest BCUT2D eigenvalue weighted by Gasteiger charge is 2.28. The van der Waals surface area contributed by atoms with Crippen LogP contribution in [0.5, 0.6) is 11.5 Å². The molecule has 186 valence electrons. The van der Waals surface area contributed by atoms with Crippen molar-refractivity contribution >= 4 is 27.5 Å². The number of nitrogens with zero attached hydrogens (tertiary/aromatic N) is 2. The molecule has 4 heterocycles. The molecule has 2 aliphatic heterocycles. The quantitative estimate of drug-likeness (QED) is 0.368. The van der Waals surface area contributed by atoms with Gasteiger partial charge in [0.05, 0.1) is 36.5 Å². The van der Waals surface area contributed by atoms with Crippen molar-refractivity contribution in [1.82, 2.24) is 9.88 Å². The standard InChI is InChI=1S/C27H26N2O6S/c1-31-15-19-6-7-22(34-19)27(30)29-9-11-33-25-18(14-29)12-17(13-23(25)35-20-8-10-32-16-20)26-28-21-4-2-3-5-24(21)36-26/h2-7,12-13,20H,8-11,14-16H2,1H3. The highest BCUT2D eigenvalue weighted by molar-refractivity contribution is 7.21. The molecule has 2 aromatic carbocycles. The van der Waals surface area contributed by atoms with Crippen LogP contribution in [0.3, 0.4) is 0 Å². The van der Waals surface area contributed by atoms with E-state index in [9.17, 15) is 4.79 Å². The minimum Gasteiger partial charge on any atom is -0.487 e. The first-order valence-corrected chi connectivity index (χ1v) is 12.8. The second kappa shape index (κ2) is 9.93. The number of rotatable bonds is 6. The molecule has 1 atom stereocenters. The van der Waals surface area contributed by atoms with E-state index in [0.717, 1.165) is 32.8 Å². The topological polar surface area (TPSA) is 83.3 Å². The van der Waals surface area contributed by atoms with E-state index in [1.807, 2.05) is 24.3 Å². The Balaban J connectivity index is 1.36. The van der Waals surface area contributed by atoms with Gasteiger partial charge in [-0.2, -0.15) is 0 Å². The van der Waals surface area contributed by atoms with Crippen molar-refractivity contribution in [3.63, 3.8) is 0 Å². The Hall–Kier alpha value is -3.40. The minimum atomic E-state index is -0.189. The Morgan fingerprint density at radius 1 is 1.19 bits per heavy atom. The summed E-state index contributed by atoms with van der Waals surface area (Å²) in [5.74, 6) is 2.03. The van der Waals surface area contributed by atoms with Gasteiger partial charge in [0.2, 0.25) is 0 Å². The van der Waals surface area contributed by atoms with Crippen molar-refractivity contribution < 1.29 is 28.2 Å². The van der Waals surface area contributed by atoms with Gasteiger partial charge in [0, 0.05) is 24.7 Å². The number of carbonyl (C=O) groups is 1. The number of amides is 1. The molecule has 1 saturated heterocycles. The maximum absolute atomic E-state index is 13.3. The summed E-state index contributed by atoms with van der Waals surface area (Å²) >= 11 is 1.63. The van der Waals surface area contributed by atoms with E-state index in [1.54, 1.807) is 35.5 Å². The highest BCUT2D eigenvalue weighted by Crippen LogP contribution is 2.41. The van der Waals surface area contributed by atoms with E-state index in [1.165, 1.54) is 0 Å². The summed E-state index contributed by atoms with van der Waals surface area (Å²) in [5.41, 5.74) is 2.76. The molecule has 2 aromatic heterocycles. The van der Waals surface area contributed by atoms with Gasteiger partial charge in [-0.25, -0.2) is 4.98 Å². The summed E-state index contributed by atoms with van der Waals surface area (Å²) in [6, 6.07) is 15.6. The van der Waals surface area contributed by atoms with Gasteiger partial charge in [-0.1, -0.05) is 12.1 Å². The van der Waals surface area contributed by atoms with Gasteiger partial charge in [-0.05, 0) is 36.4 Å². The van der Waals surface area contributed by atoms with E-state index >= 15 is 0 Å². The Kier molecular flexibility index (Phi) is 6.35. The van der Waals surface area contributed by atoms with Gasteiger partial charge in [0.25, 0.3) is 5.91 Å². The third kappa shape index (κ3) is 4.57.